The van der Waals surface area contributed by atoms with E-state index < -0.39 is 9.84 Å². The fraction of sp³-hybridized carbons (Fsp3) is 0.700. The van der Waals surface area contributed by atoms with E-state index in [1.807, 2.05) is 0 Å². The third-order valence-corrected chi connectivity index (χ3v) is 7.50. The fourth-order valence-electron chi connectivity index (χ4n) is 4.24. The highest BCUT2D eigenvalue weighted by molar-refractivity contribution is 7.91. The zero-order valence-electron chi connectivity index (χ0n) is 15.1. The lowest BCUT2D eigenvalue weighted by molar-refractivity contribution is 0.267. The van der Waals surface area contributed by atoms with Crippen LogP contribution in [-0.4, -0.2) is 44.5 Å². The smallest absolute Gasteiger partial charge is 0.150 e. The zero-order valence-corrected chi connectivity index (χ0v) is 15.9. The Labute approximate surface area is 147 Å². The summed E-state index contributed by atoms with van der Waals surface area (Å²) in [5.74, 6) is 2.47. The summed E-state index contributed by atoms with van der Waals surface area (Å²) in [5.41, 5.74) is 2.84. The Morgan fingerprint density at radius 1 is 1.12 bits per heavy atom. The molecule has 2 aliphatic heterocycles. The normalized spacial score (nSPS) is 27.6. The Kier molecular flexibility index (Phi) is 5.66. The molecular formula is C20H31NO2S. The van der Waals surface area contributed by atoms with Gasteiger partial charge in [0.15, 0.2) is 9.84 Å². The van der Waals surface area contributed by atoms with E-state index in [9.17, 15) is 8.42 Å². The summed E-state index contributed by atoms with van der Waals surface area (Å²) in [7, 11) is -2.77. The largest absolute Gasteiger partial charge is 0.303 e. The number of likely N-dealkylation sites (tertiary alicyclic amines) is 1. The monoisotopic (exact) mass is 349 g/mol. The summed E-state index contributed by atoms with van der Waals surface area (Å²) in [4.78, 5) is 2.50. The third-order valence-electron chi connectivity index (χ3n) is 5.61. The number of hydrogen-bond donors (Lipinski definition) is 0. The summed E-state index contributed by atoms with van der Waals surface area (Å²) in [5, 5.41) is 0. The summed E-state index contributed by atoms with van der Waals surface area (Å²) >= 11 is 0. The van der Waals surface area contributed by atoms with E-state index >= 15 is 0 Å². The van der Waals surface area contributed by atoms with Gasteiger partial charge in [0.1, 0.15) is 0 Å². The maximum Gasteiger partial charge on any atom is 0.150 e. The lowest BCUT2D eigenvalue weighted by Crippen LogP contribution is -2.35. The Balaban J connectivity index is 1.48. The highest BCUT2D eigenvalue weighted by atomic mass is 32.2. The van der Waals surface area contributed by atoms with Crippen molar-refractivity contribution in [3.63, 3.8) is 0 Å². The molecule has 2 atom stereocenters. The van der Waals surface area contributed by atoms with Gasteiger partial charge in [-0.15, -0.1) is 0 Å². The predicted molar refractivity (Wildman–Crippen MR) is 100 cm³/mol. The van der Waals surface area contributed by atoms with Crippen LogP contribution in [0.25, 0.3) is 0 Å². The molecule has 0 aromatic heterocycles. The lowest BCUT2D eigenvalue weighted by Gasteiger charge is -2.26. The average Bonchev–Trinajstić information content (AvgIpc) is 2.94. The molecule has 0 saturated carbocycles. The standard InChI is InChI=1S/C20H31NO2S/c1-16(2)20-7-5-17(6-8-20)12-18-9-10-21(13-18)14-19-4-3-11-24(22,23)15-19/h5-8,16,18-19H,3-4,9-15H2,1-2H3/t18-,19+/m0/s1. The molecule has 2 aliphatic rings. The van der Waals surface area contributed by atoms with Crippen molar-refractivity contribution in [2.45, 2.75) is 45.4 Å². The molecule has 1 aromatic carbocycles. The van der Waals surface area contributed by atoms with Gasteiger partial charge < -0.3 is 4.90 Å². The van der Waals surface area contributed by atoms with Crippen molar-refractivity contribution in [2.75, 3.05) is 31.1 Å². The number of hydrogen-bond acceptors (Lipinski definition) is 3. The Bertz CT molecular complexity index is 636. The van der Waals surface area contributed by atoms with Gasteiger partial charge in [-0.1, -0.05) is 38.1 Å². The van der Waals surface area contributed by atoms with Gasteiger partial charge in [-0.25, -0.2) is 8.42 Å². The van der Waals surface area contributed by atoms with E-state index in [4.69, 9.17) is 0 Å². The van der Waals surface area contributed by atoms with E-state index in [1.165, 1.54) is 17.5 Å². The van der Waals surface area contributed by atoms with Crippen LogP contribution in [0, 0.1) is 11.8 Å². The predicted octanol–water partition coefficient (Wildman–Crippen LogP) is 3.50. The van der Waals surface area contributed by atoms with Crippen molar-refractivity contribution in [1.29, 1.82) is 0 Å². The van der Waals surface area contributed by atoms with Crippen molar-refractivity contribution in [3.05, 3.63) is 35.4 Å². The maximum atomic E-state index is 11.8. The minimum Gasteiger partial charge on any atom is -0.303 e. The van der Waals surface area contributed by atoms with Crippen LogP contribution >= 0.6 is 0 Å². The molecule has 0 radical (unpaired) electrons. The van der Waals surface area contributed by atoms with E-state index in [1.54, 1.807) is 0 Å². The molecule has 0 bridgehead atoms. The number of benzene rings is 1. The van der Waals surface area contributed by atoms with Gasteiger partial charge in [0.05, 0.1) is 11.5 Å². The minimum absolute atomic E-state index is 0.354. The van der Waals surface area contributed by atoms with E-state index in [0.717, 1.165) is 44.8 Å². The molecule has 0 unspecified atom stereocenters. The summed E-state index contributed by atoms with van der Waals surface area (Å²) in [6.07, 6.45) is 4.33. The molecule has 1 aromatic rings. The first-order valence-corrected chi connectivity index (χ1v) is 11.2. The fourth-order valence-corrected chi connectivity index (χ4v) is 6.01. The molecule has 0 aliphatic carbocycles. The molecule has 2 fully saturated rings. The highest BCUT2D eigenvalue weighted by Crippen LogP contribution is 2.25. The molecular weight excluding hydrogens is 318 g/mol. The van der Waals surface area contributed by atoms with Crippen LogP contribution in [0.5, 0.6) is 0 Å². The lowest BCUT2D eigenvalue weighted by atomic mass is 9.95. The highest BCUT2D eigenvalue weighted by Gasteiger charge is 2.29. The number of sulfone groups is 1. The zero-order chi connectivity index (χ0) is 17.2. The molecule has 3 rings (SSSR count). The van der Waals surface area contributed by atoms with E-state index in [2.05, 4.69) is 43.0 Å². The summed E-state index contributed by atoms with van der Waals surface area (Å²) < 4.78 is 23.6. The van der Waals surface area contributed by atoms with Gasteiger partial charge in [-0.3, -0.25) is 0 Å². The van der Waals surface area contributed by atoms with Crippen molar-refractivity contribution in [1.82, 2.24) is 4.90 Å². The molecule has 0 amide bonds. The molecule has 134 valence electrons. The second kappa shape index (κ2) is 7.57. The molecule has 2 saturated heterocycles. The number of rotatable bonds is 5. The quantitative estimate of drug-likeness (QED) is 0.816. The van der Waals surface area contributed by atoms with Gasteiger partial charge >= 0.3 is 0 Å². The summed E-state index contributed by atoms with van der Waals surface area (Å²) in [6.45, 7) is 7.69. The van der Waals surface area contributed by atoms with E-state index in [-0.39, 0.29) is 0 Å². The van der Waals surface area contributed by atoms with E-state index in [0.29, 0.717) is 23.3 Å². The van der Waals surface area contributed by atoms with Crippen LogP contribution in [0.15, 0.2) is 24.3 Å². The van der Waals surface area contributed by atoms with Gasteiger partial charge in [0, 0.05) is 13.1 Å². The Hall–Kier alpha value is -0.870. The van der Waals surface area contributed by atoms with Crippen LogP contribution < -0.4 is 0 Å². The summed E-state index contributed by atoms with van der Waals surface area (Å²) in [6, 6.07) is 9.09. The van der Waals surface area contributed by atoms with Crippen molar-refractivity contribution < 1.29 is 8.42 Å². The van der Waals surface area contributed by atoms with Crippen LogP contribution in [0.3, 0.4) is 0 Å². The second-order valence-electron chi connectivity index (χ2n) is 8.14. The van der Waals surface area contributed by atoms with Crippen LogP contribution in [0.4, 0.5) is 0 Å². The Morgan fingerprint density at radius 2 is 1.88 bits per heavy atom. The first kappa shape index (κ1) is 17.9. The van der Waals surface area contributed by atoms with Crippen LogP contribution in [-0.2, 0) is 16.3 Å². The first-order chi connectivity index (χ1) is 11.4. The molecule has 4 heteroatoms. The minimum atomic E-state index is -2.77. The Morgan fingerprint density at radius 3 is 2.54 bits per heavy atom. The molecule has 0 spiro atoms. The van der Waals surface area contributed by atoms with Crippen molar-refractivity contribution in [3.8, 4) is 0 Å². The van der Waals surface area contributed by atoms with Gasteiger partial charge in [-0.2, -0.15) is 0 Å². The van der Waals surface area contributed by atoms with Crippen LogP contribution in [0.1, 0.15) is 50.2 Å². The van der Waals surface area contributed by atoms with Crippen molar-refractivity contribution in [2.24, 2.45) is 11.8 Å². The number of nitrogens with zero attached hydrogens (tertiary/aromatic N) is 1. The molecule has 24 heavy (non-hydrogen) atoms. The molecule has 0 N–H and O–H groups in total. The van der Waals surface area contributed by atoms with Gasteiger partial charge in [0.2, 0.25) is 0 Å². The topological polar surface area (TPSA) is 37.4 Å². The van der Waals surface area contributed by atoms with Gasteiger partial charge in [0.25, 0.3) is 0 Å². The van der Waals surface area contributed by atoms with Crippen molar-refractivity contribution >= 4 is 9.84 Å². The van der Waals surface area contributed by atoms with Gasteiger partial charge in [-0.05, 0) is 61.1 Å². The molecule has 2 heterocycles. The maximum absolute atomic E-state index is 11.8. The van der Waals surface area contributed by atoms with Crippen LogP contribution in [0.2, 0.25) is 0 Å². The third kappa shape index (κ3) is 4.82. The SMILES string of the molecule is CC(C)c1ccc(C[C@@H]2CCN(C[C@H]3CCCS(=O)(=O)C3)C2)cc1. The first-order valence-electron chi connectivity index (χ1n) is 9.43. The second-order valence-corrected chi connectivity index (χ2v) is 10.4. The molecule has 3 nitrogen and oxygen atoms in total. The average molecular weight is 350 g/mol.